The number of halogens is 2. The van der Waals surface area contributed by atoms with E-state index in [4.69, 9.17) is 0 Å². The molecule has 0 aliphatic carbocycles. The van der Waals surface area contributed by atoms with E-state index in [-0.39, 0.29) is 5.82 Å². The van der Waals surface area contributed by atoms with Gasteiger partial charge in [-0.2, -0.15) is 0 Å². The van der Waals surface area contributed by atoms with Crippen molar-refractivity contribution in [2.24, 2.45) is 5.92 Å². The SMILES string of the molecule is CC(C)CN1CCN(c2ccc(F)cc2CBr)CC1. The van der Waals surface area contributed by atoms with Crippen LogP contribution in [0.15, 0.2) is 18.2 Å². The third kappa shape index (κ3) is 3.93. The van der Waals surface area contributed by atoms with Gasteiger partial charge in [0.05, 0.1) is 0 Å². The largest absolute Gasteiger partial charge is 0.369 e. The predicted octanol–water partition coefficient (Wildman–Crippen LogP) is 3.50. The van der Waals surface area contributed by atoms with E-state index in [1.807, 2.05) is 6.07 Å². The van der Waals surface area contributed by atoms with Crippen molar-refractivity contribution < 1.29 is 4.39 Å². The maximum atomic E-state index is 13.3. The normalized spacial score (nSPS) is 17.2. The monoisotopic (exact) mass is 328 g/mol. The predicted molar refractivity (Wildman–Crippen MR) is 82.5 cm³/mol. The third-order valence-corrected chi connectivity index (χ3v) is 4.13. The highest BCUT2D eigenvalue weighted by atomic mass is 79.9. The van der Waals surface area contributed by atoms with Crippen LogP contribution in [-0.2, 0) is 5.33 Å². The van der Waals surface area contributed by atoms with Gasteiger partial charge in [-0.25, -0.2) is 4.39 Å². The maximum absolute atomic E-state index is 13.3. The van der Waals surface area contributed by atoms with Gasteiger partial charge in [0.25, 0.3) is 0 Å². The fourth-order valence-corrected chi connectivity index (χ4v) is 3.11. The zero-order chi connectivity index (χ0) is 13.8. The Hall–Kier alpha value is -0.610. The molecule has 2 nitrogen and oxygen atoms in total. The molecule has 0 atom stereocenters. The molecular formula is C15H22BrFN2. The van der Waals surface area contributed by atoms with E-state index in [0.717, 1.165) is 37.7 Å². The second kappa shape index (κ2) is 6.71. The second-order valence-electron chi connectivity index (χ2n) is 5.59. The summed E-state index contributed by atoms with van der Waals surface area (Å²) in [5.41, 5.74) is 2.21. The molecule has 1 aliphatic rings. The van der Waals surface area contributed by atoms with Crippen LogP contribution in [-0.4, -0.2) is 37.6 Å². The van der Waals surface area contributed by atoms with Crippen LogP contribution in [0.3, 0.4) is 0 Å². The summed E-state index contributed by atoms with van der Waals surface area (Å²) in [5, 5.41) is 0.701. The Morgan fingerprint density at radius 3 is 2.47 bits per heavy atom. The highest BCUT2D eigenvalue weighted by Gasteiger charge is 2.19. The van der Waals surface area contributed by atoms with Gasteiger partial charge in [-0.1, -0.05) is 29.8 Å². The number of alkyl halides is 1. The van der Waals surface area contributed by atoms with Crippen LogP contribution in [0.25, 0.3) is 0 Å². The van der Waals surface area contributed by atoms with Gasteiger partial charge in [-0.3, -0.25) is 4.90 Å². The van der Waals surface area contributed by atoms with E-state index in [0.29, 0.717) is 5.33 Å². The lowest BCUT2D eigenvalue weighted by Crippen LogP contribution is -2.47. The standard InChI is InChI=1S/C15H22BrFN2/c1-12(2)11-18-5-7-19(8-6-18)15-4-3-14(17)9-13(15)10-16/h3-4,9,12H,5-8,10-11H2,1-2H3. The molecule has 106 valence electrons. The van der Waals surface area contributed by atoms with Crippen LogP contribution in [0.4, 0.5) is 10.1 Å². The fourth-order valence-electron chi connectivity index (χ4n) is 2.66. The minimum absolute atomic E-state index is 0.156. The van der Waals surface area contributed by atoms with Crippen molar-refractivity contribution in [2.75, 3.05) is 37.6 Å². The molecule has 0 saturated carbocycles. The summed E-state index contributed by atoms with van der Waals surface area (Å²) in [6.45, 7) is 9.93. The minimum Gasteiger partial charge on any atom is -0.369 e. The molecule has 1 aromatic carbocycles. The summed E-state index contributed by atoms with van der Waals surface area (Å²) in [4.78, 5) is 4.88. The lowest BCUT2D eigenvalue weighted by Gasteiger charge is -2.37. The van der Waals surface area contributed by atoms with E-state index in [2.05, 4.69) is 39.6 Å². The zero-order valence-corrected chi connectivity index (χ0v) is 13.3. The molecule has 1 saturated heterocycles. The average molecular weight is 329 g/mol. The maximum Gasteiger partial charge on any atom is 0.123 e. The first-order valence-corrected chi connectivity index (χ1v) is 8.04. The zero-order valence-electron chi connectivity index (χ0n) is 11.7. The molecule has 0 amide bonds. The molecule has 0 spiro atoms. The van der Waals surface area contributed by atoms with Gasteiger partial charge in [-0.05, 0) is 29.7 Å². The van der Waals surface area contributed by atoms with Crippen molar-refractivity contribution >= 4 is 21.6 Å². The lowest BCUT2D eigenvalue weighted by molar-refractivity contribution is 0.231. The van der Waals surface area contributed by atoms with Crippen LogP contribution < -0.4 is 4.90 Å². The van der Waals surface area contributed by atoms with Gasteiger partial charge in [0.2, 0.25) is 0 Å². The van der Waals surface area contributed by atoms with Crippen LogP contribution in [0.2, 0.25) is 0 Å². The van der Waals surface area contributed by atoms with Crippen molar-refractivity contribution in [1.29, 1.82) is 0 Å². The molecule has 1 heterocycles. The van der Waals surface area contributed by atoms with Crippen LogP contribution in [0.1, 0.15) is 19.4 Å². The van der Waals surface area contributed by atoms with E-state index >= 15 is 0 Å². The topological polar surface area (TPSA) is 6.48 Å². The van der Waals surface area contributed by atoms with Gasteiger partial charge in [0.1, 0.15) is 5.82 Å². The Morgan fingerprint density at radius 2 is 1.89 bits per heavy atom. The molecule has 0 unspecified atom stereocenters. The first-order valence-electron chi connectivity index (χ1n) is 6.92. The summed E-state index contributed by atoms with van der Waals surface area (Å²) in [7, 11) is 0. The number of anilines is 1. The van der Waals surface area contributed by atoms with E-state index in [1.54, 1.807) is 12.1 Å². The quantitative estimate of drug-likeness (QED) is 0.780. The molecule has 4 heteroatoms. The molecule has 1 aliphatic heterocycles. The number of nitrogens with zero attached hydrogens (tertiary/aromatic N) is 2. The number of hydrogen-bond acceptors (Lipinski definition) is 2. The Bertz CT molecular complexity index is 415. The number of hydrogen-bond donors (Lipinski definition) is 0. The lowest BCUT2D eigenvalue weighted by atomic mass is 10.1. The van der Waals surface area contributed by atoms with Crippen molar-refractivity contribution in [3.8, 4) is 0 Å². The van der Waals surface area contributed by atoms with E-state index in [9.17, 15) is 4.39 Å². The van der Waals surface area contributed by atoms with Gasteiger partial charge >= 0.3 is 0 Å². The molecule has 2 rings (SSSR count). The summed E-state index contributed by atoms with van der Waals surface area (Å²) in [6.07, 6.45) is 0. The molecule has 0 aromatic heterocycles. The summed E-state index contributed by atoms with van der Waals surface area (Å²) in [5.74, 6) is 0.562. The molecule has 19 heavy (non-hydrogen) atoms. The van der Waals surface area contributed by atoms with Crippen molar-refractivity contribution in [3.63, 3.8) is 0 Å². The van der Waals surface area contributed by atoms with Crippen LogP contribution in [0, 0.1) is 11.7 Å². The number of piperazine rings is 1. The molecule has 1 aromatic rings. The number of rotatable bonds is 4. The summed E-state index contributed by atoms with van der Waals surface area (Å²) >= 11 is 3.45. The van der Waals surface area contributed by atoms with E-state index < -0.39 is 0 Å². The highest BCUT2D eigenvalue weighted by Crippen LogP contribution is 2.25. The van der Waals surface area contributed by atoms with Gasteiger partial charge in [0, 0.05) is 43.7 Å². The smallest absolute Gasteiger partial charge is 0.123 e. The summed E-state index contributed by atoms with van der Waals surface area (Å²) in [6, 6.07) is 5.09. The van der Waals surface area contributed by atoms with Crippen LogP contribution >= 0.6 is 15.9 Å². The van der Waals surface area contributed by atoms with Gasteiger partial charge in [-0.15, -0.1) is 0 Å². The number of benzene rings is 1. The molecule has 0 bridgehead atoms. The second-order valence-corrected chi connectivity index (χ2v) is 6.15. The first kappa shape index (κ1) is 14.8. The molecule has 1 fully saturated rings. The Balaban J connectivity index is 2.01. The van der Waals surface area contributed by atoms with Crippen molar-refractivity contribution in [2.45, 2.75) is 19.2 Å². The third-order valence-electron chi connectivity index (χ3n) is 3.52. The molecule has 0 radical (unpaired) electrons. The van der Waals surface area contributed by atoms with Crippen molar-refractivity contribution in [3.05, 3.63) is 29.6 Å². The fraction of sp³-hybridized carbons (Fsp3) is 0.600. The molecular weight excluding hydrogens is 307 g/mol. The average Bonchev–Trinajstić information content (AvgIpc) is 2.39. The Morgan fingerprint density at radius 1 is 1.21 bits per heavy atom. The highest BCUT2D eigenvalue weighted by molar-refractivity contribution is 9.08. The minimum atomic E-state index is -0.156. The summed E-state index contributed by atoms with van der Waals surface area (Å²) < 4.78 is 13.3. The Kier molecular flexibility index (Phi) is 5.22. The van der Waals surface area contributed by atoms with Gasteiger partial charge < -0.3 is 4.90 Å². The molecule has 0 N–H and O–H groups in total. The van der Waals surface area contributed by atoms with Gasteiger partial charge in [0.15, 0.2) is 0 Å². The first-order chi connectivity index (χ1) is 9.10. The Labute approximate surface area is 123 Å². The van der Waals surface area contributed by atoms with Crippen LogP contribution in [0.5, 0.6) is 0 Å². The van der Waals surface area contributed by atoms with E-state index in [1.165, 1.54) is 12.2 Å². The van der Waals surface area contributed by atoms with Crippen molar-refractivity contribution in [1.82, 2.24) is 4.90 Å².